The van der Waals surface area contributed by atoms with Gasteiger partial charge in [0.25, 0.3) is 0 Å². The lowest BCUT2D eigenvalue weighted by molar-refractivity contribution is 0.0194. The van der Waals surface area contributed by atoms with E-state index in [4.69, 9.17) is 19.9 Å². The van der Waals surface area contributed by atoms with E-state index in [1.54, 1.807) is 12.0 Å². The number of rotatable bonds is 1. The first-order valence-corrected chi connectivity index (χ1v) is 8.14. The maximum absolute atomic E-state index is 12.3. The topological polar surface area (TPSA) is 77.3 Å². The number of hydrogen-bond donors (Lipinski definition) is 1. The number of ether oxygens (including phenoxy) is 3. The Kier molecular flexibility index (Phi) is 4.11. The molecule has 1 atom stereocenters. The van der Waals surface area contributed by atoms with Gasteiger partial charge in [-0.1, -0.05) is 0 Å². The maximum Gasteiger partial charge on any atom is 0.410 e. The molecule has 0 spiro atoms. The molecule has 2 N–H and O–H groups in total. The number of nitrogen functional groups attached to an aromatic ring is 1. The van der Waals surface area contributed by atoms with Crippen LogP contribution in [0.2, 0.25) is 0 Å². The van der Waals surface area contributed by atoms with Crippen LogP contribution in [0.5, 0.6) is 11.5 Å². The van der Waals surface area contributed by atoms with Crippen molar-refractivity contribution in [3.05, 3.63) is 12.1 Å². The number of benzene rings is 1. The van der Waals surface area contributed by atoms with Gasteiger partial charge in [0.15, 0.2) is 11.5 Å². The summed E-state index contributed by atoms with van der Waals surface area (Å²) in [7, 11) is 1.59. The van der Waals surface area contributed by atoms with Crippen LogP contribution >= 0.6 is 0 Å². The Labute approximate surface area is 142 Å². The van der Waals surface area contributed by atoms with Crippen molar-refractivity contribution in [2.24, 2.45) is 0 Å². The van der Waals surface area contributed by atoms with E-state index >= 15 is 0 Å². The van der Waals surface area contributed by atoms with Gasteiger partial charge in [0.1, 0.15) is 12.2 Å². The zero-order valence-corrected chi connectivity index (χ0v) is 14.7. The minimum absolute atomic E-state index is 0.0899. The van der Waals surface area contributed by atoms with Crippen LogP contribution in [0.1, 0.15) is 20.8 Å². The van der Waals surface area contributed by atoms with E-state index in [0.717, 1.165) is 5.69 Å². The summed E-state index contributed by atoms with van der Waals surface area (Å²) >= 11 is 0. The molecule has 1 aromatic rings. The lowest BCUT2D eigenvalue weighted by Gasteiger charge is -2.45. The summed E-state index contributed by atoms with van der Waals surface area (Å²) in [5.41, 5.74) is 6.98. The van der Waals surface area contributed by atoms with Crippen molar-refractivity contribution in [2.75, 3.05) is 44.0 Å². The minimum Gasteiger partial charge on any atom is -0.491 e. The number of fused-ring (bicyclic) bond motifs is 3. The summed E-state index contributed by atoms with van der Waals surface area (Å²) in [6.45, 7) is 7.99. The molecule has 2 heterocycles. The second-order valence-electron chi connectivity index (χ2n) is 7.12. The van der Waals surface area contributed by atoms with Crippen molar-refractivity contribution >= 4 is 17.5 Å². The van der Waals surface area contributed by atoms with Gasteiger partial charge >= 0.3 is 6.09 Å². The molecule has 0 bridgehead atoms. The monoisotopic (exact) mass is 335 g/mol. The molecule has 1 aromatic carbocycles. The van der Waals surface area contributed by atoms with Crippen LogP contribution < -0.4 is 20.1 Å². The normalized spacial score (nSPS) is 19.9. The van der Waals surface area contributed by atoms with E-state index in [1.165, 1.54) is 0 Å². The van der Waals surface area contributed by atoms with Gasteiger partial charge in [0, 0.05) is 19.6 Å². The molecule has 24 heavy (non-hydrogen) atoms. The largest absolute Gasteiger partial charge is 0.491 e. The number of piperazine rings is 1. The Morgan fingerprint density at radius 3 is 2.75 bits per heavy atom. The Hall–Kier alpha value is -2.31. The van der Waals surface area contributed by atoms with E-state index in [0.29, 0.717) is 43.4 Å². The lowest BCUT2D eigenvalue weighted by atomic mass is 10.1. The van der Waals surface area contributed by atoms with E-state index in [-0.39, 0.29) is 12.1 Å². The van der Waals surface area contributed by atoms with Crippen LogP contribution in [0.3, 0.4) is 0 Å². The van der Waals surface area contributed by atoms with Crippen molar-refractivity contribution < 1.29 is 19.0 Å². The minimum atomic E-state index is -0.491. The molecular weight excluding hydrogens is 310 g/mol. The van der Waals surface area contributed by atoms with Crippen LogP contribution in [0.25, 0.3) is 0 Å². The van der Waals surface area contributed by atoms with Crippen LogP contribution in [0.4, 0.5) is 16.2 Å². The second kappa shape index (κ2) is 5.96. The highest BCUT2D eigenvalue weighted by atomic mass is 16.6. The molecule has 1 fully saturated rings. The molecule has 0 aromatic heterocycles. The highest BCUT2D eigenvalue weighted by molar-refractivity contribution is 5.75. The number of nitrogens with two attached hydrogens (primary N) is 1. The number of nitrogens with zero attached hydrogens (tertiary/aromatic N) is 2. The molecular formula is C17H25N3O4. The van der Waals surface area contributed by atoms with E-state index in [2.05, 4.69) is 4.90 Å². The van der Waals surface area contributed by atoms with Crippen molar-refractivity contribution in [1.29, 1.82) is 0 Å². The highest BCUT2D eigenvalue weighted by Gasteiger charge is 2.37. The zero-order chi connectivity index (χ0) is 17.5. The number of anilines is 2. The average molecular weight is 335 g/mol. The van der Waals surface area contributed by atoms with Crippen LogP contribution in [0, 0.1) is 0 Å². The molecule has 0 radical (unpaired) electrons. The first kappa shape index (κ1) is 16.5. The standard InChI is InChI=1S/C17H25N3O4/c1-17(2,3)24-16(21)19-7-8-20-11(9-19)10-23-15-13(20)6-5-12(18)14(15)22-4/h5-6,11H,7-10,18H2,1-4H3/t11-/m1/s1. The van der Waals surface area contributed by atoms with Crippen LogP contribution in [-0.4, -0.2) is 56.0 Å². The summed E-state index contributed by atoms with van der Waals surface area (Å²) in [5.74, 6) is 1.25. The van der Waals surface area contributed by atoms with Crippen LogP contribution in [-0.2, 0) is 4.74 Å². The first-order chi connectivity index (χ1) is 11.3. The molecule has 2 aliphatic heterocycles. The summed E-state index contributed by atoms with van der Waals surface area (Å²) in [4.78, 5) is 16.3. The fourth-order valence-electron chi connectivity index (χ4n) is 3.13. The average Bonchev–Trinajstić information content (AvgIpc) is 2.52. The number of methoxy groups -OCH3 is 1. The Bertz CT molecular complexity index is 641. The highest BCUT2D eigenvalue weighted by Crippen LogP contribution is 2.45. The molecule has 3 rings (SSSR count). The lowest BCUT2D eigenvalue weighted by Crippen LogP contribution is -2.59. The van der Waals surface area contributed by atoms with Crippen molar-refractivity contribution in [3.63, 3.8) is 0 Å². The van der Waals surface area contributed by atoms with Gasteiger partial charge in [-0.25, -0.2) is 4.79 Å². The van der Waals surface area contributed by atoms with Gasteiger partial charge in [0.2, 0.25) is 0 Å². The van der Waals surface area contributed by atoms with Gasteiger partial charge in [0.05, 0.1) is 24.5 Å². The predicted octanol–water partition coefficient (Wildman–Crippen LogP) is 2.10. The van der Waals surface area contributed by atoms with Crippen molar-refractivity contribution in [1.82, 2.24) is 4.90 Å². The molecule has 7 heteroatoms. The fraction of sp³-hybridized carbons (Fsp3) is 0.588. The third-order valence-electron chi connectivity index (χ3n) is 4.19. The van der Waals surface area contributed by atoms with Crippen molar-refractivity contribution in [3.8, 4) is 11.5 Å². The molecule has 7 nitrogen and oxygen atoms in total. The molecule has 2 aliphatic rings. The van der Waals surface area contributed by atoms with E-state index in [9.17, 15) is 4.79 Å². The molecule has 0 unspecified atom stereocenters. The molecule has 132 valence electrons. The maximum atomic E-state index is 12.3. The third kappa shape index (κ3) is 3.02. The SMILES string of the molecule is COc1c(N)ccc2c1OC[C@H]1CN(C(=O)OC(C)(C)C)CCN21. The summed E-state index contributed by atoms with van der Waals surface area (Å²) < 4.78 is 16.7. The number of hydrogen-bond acceptors (Lipinski definition) is 6. The quantitative estimate of drug-likeness (QED) is 0.792. The van der Waals surface area contributed by atoms with Crippen LogP contribution in [0.15, 0.2) is 12.1 Å². The van der Waals surface area contributed by atoms with Gasteiger partial charge in [-0.3, -0.25) is 0 Å². The predicted molar refractivity (Wildman–Crippen MR) is 91.8 cm³/mol. The zero-order valence-electron chi connectivity index (χ0n) is 14.7. The van der Waals surface area contributed by atoms with Gasteiger partial charge in [-0.05, 0) is 32.9 Å². The summed E-state index contributed by atoms with van der Waals surface area (Å²) in [5, 5.41) is 0. The Balaban J connectivity index is 1.77. The number of carbonyl (C=O) groups is 1. The fourth-order valence-corrected chi connectivity index (χ4v) is 3.13. The van der Waals surface area contributed by atoms with Gasteiger partial charge in [-0.15, -0.1) is 0 Å². The first-order valence-electron chi connectivity index (χ1n) is 8.14. The number of carbonyl (C=O) groups excluding carboxylic acids is 1. The molecule has 0 aliphatic carbocycles. The van der Waals surface area contributed by atoms with Crippen molar-refractivity contribution in [2.45, 2.75) is 32.4 Å². The Morgan fingerprint density at radius 1 is 1.33 bits per heavy atom. The second-order valence-corrected chi connectivity index (χ2v) is 7.12. The summed E-state index contributed by atoms with van der Waals surface area (Å²) in [6, 6.07) is 3.86. The molecule has 1 saturated heterocycles. The summed E-state index contributed by atoms with van der Waals surface area (Å²) in [6.07, 6.45) is -0.275. The smallest absolute Gasteiger partial charge is 0.410 e. The van der Waals surface area contributed by atoms with E-state index in [1.807, 2.05) is 32.9 Å². The van der Waals surface area contributed by atoms with E-state index < -0.39 is 5.60 Å². The number of amides is 1. The Morgan fingerprint density at radius 2 is 2.08 bits per heavy atom. The molecule has 0 saturated carbocycles. The van der Waals surface area contributed by atoms with Gasteiger partial charge in [-0.2, -0.15) is 0 Å². The third-order valence-corrected chi connectivity index (χ3v) is 4.19. The molecule has 1 amide bonds. The van der Waals surface area contributed by atoms with Gasteiger partial charge < -0.3 is 29.7 Å².